The van der Waals surface area contributed by atoms with Crippen LogP contribution in [0, 0.1) is 11.6 Å². The molecule has 3 aromatic carbocycles. The summed E-state index contributed by atoms with van der Waals surface area (Å²) in [6, 6.07) is 18.0. The maximum absolute atomic E-state index is 12.9. The van der Waals surface area contributed by atoms with Crippen LogP contribution in [0.5, 0.6) is 0 Å². The van der Waals surface area contributed by atoms with Gasteiger partial charge in [0.25, 0.3) is 11.8 Å². The van der Waals surface area contributed by atoms with E-state index in [1.807, 2.05) is 0 Å². The average molecular weight is 380 g/mol. The Hall–Kier alpha value is -3.54. The number of carbonyl (C=O) groups is 2. The van der Waals surface area contributed by atoms with Gasteiger partial charge in [-0.2, -0.15) is 0 Å². The number of hydrogen-bond donors (Lipinski definition) is 2. The summed E-state index contributed by atoms with van der Waals surface area (Å²) in [6.07, 6.45) is 0. The van der Waals surface area contributed by atoms with Gasteiger partial charge in [0.2, 0.25) is 0 Å². The third-order valence-corrected chi connectivity index (χ3v) is 4.11. The molecule has 4 nitrogen and oxygen atoms in total. The van der Waals surface area contributed by atoms with E-state index in [-0.39, 0.29) is 30.7 Å². The summed E-state index contributed by atoms with van der Waals surface area (Å²) >= 11 is 0. The molecule has 28 heavy (non-hydrogen) atoms. The first kappa shape index (κ1) is 19.2. The van der Waals surface area contributed by atoms with E-state index >= 15 is 0 Å². The number of rotatable bonds is 6. The van der Waals surface area contributed by atoms with Crippen LogP contribution in [0.2, 0.25) is 0 Å². The van der Waals surface area contributed by atoms with Gasteiger partial charge >= 0.3 is 0 Å². The lowest BCUT2D eigenvalue weighted by atomic mass is 10.1. The smallest absolute Gasteiger partial charge is 0.251 e. The van der Waals surface area contributed by atoms with Gasteiger partial charge in [-0.3, -0.25) is 9.59 Å². The lowest BCUT2D eigenvalue weighted by Gasteiger charge is -2.09. The molecule has 0 fully saturated rings. The molecule has 2 amide bonds. The second-order valence-corrected chi connectivity index (χ2v) is 6.20. The first-order chi connectivity index (χ1) is 13.5. The summed E-state index contributed by atoms with van der Waals surface area (Å²) in [4.78, 5) is 24.4. The number of amides is 2. The summed E-state index contributed by atoms with van der Waals surface area (Å²) in [5.74, 6) is -1.33. The monoisotopic (exact) mass is 380 g/mol. The van der Waals surface area contributed by atoms with Gasteiger partial charge in [0.1, 0.15) is 11.6 Å². The third kappa shape index (κ3) is 5.23. The van der Waals surface area contributed by atoms with Gasteiger partial charge in [0.05, 0.1) is 0 Å². The predicted octanol–water partition coefficient (Wildman–Crippen LogP) is 3.82. The molecule has 3 aromatic rings. The van der Waals surface area contributed by atoms with Crippen LogP contribution in [0.4, 0.5) is 8.78 Å². The molecule has 0 aliphatic rings. The Morgan fingerprint density at radius 2 is 1.18 bits per heavy atom. The Labute approximate surface area is 161 Å². The summed E-state index contributed by atoms with van der Waals surface area (Å²) in [7, 11) is 0. The normalized spacial score (nSPS) is 10.4. The van der Waals surface area contributed by atoms with Crippen molar-refractivity contribution >= 4 is 11.8 Å². The van der Waals surface area contributed by atoms with Gasteiger partial charge in [-0.1, -0.05) is 24.3 Å². The summed E-state index contributed by atoms with van der Waals surface area (Å²) in [5.41, 5.74) is 2.35. The molecule has 0 saturated heterocycles. The Bertz CT molecular complexity index is 971. The molecule has 0 aromatic heterocycles. The molecule has 0 atom stereocenters. The number of nitrogens with one attached hydrogen (secondary N) is 2. The van der Waals surface area contributed by atoms with Crippen molar-refractivity contribution in [2.24, 2.45) is 0 Å². The van der Waals surface area contributed by atoms with Crippen molar-refractivity contribution in [2.45, 2.75) is 13.1 Å². The maximum Gasteiger partial charge on any atom is 0.251 e. The minimum Gasteiger partial charge on any atom is -0.348 e. The van der Waals surface area contributed by atoms with Crippen molar-refractivity contribution < 1.29 is 18.4 Å². The molecule has 142 valence electrons. The summed E-state index contributed by atoms with van der Waals surface area (Å²) < 4.78 is 25.8. The van der Waals surface area contributed by atoms with E-state index in [1.54, 1.807) is 36.4 Å². The van der Waals surface area contributed by atoms with Crippen LogP contribution in [-0.4, -0.2) is 11.8 Å². The van der Waals surface area contributed by atoms with Crippen molar-refractivity contribution in [3.8, 4) is 0 Å². The summed E-state index contributed by atoms with van der Waals surface area (Å²) in [5, 5.41) is 5.51. The highest BCUT2D eigenvalue weighted by Gasteiger charge is 2.08. The Balaban J connectivity index is 1.56. The average Bonchev–Trinajstić information content (AvgIpc) is 2.72. The van der Waals surface area contributed by atoms with Crippen molar-refractivity contribution in [1.29, 1.82) is 0 Å². The molecule has 2 N–H and O–H groups in total. The molecule has 0 spiro atoms. The fraction of sp³-hybridized carbons (Fsp3) is 0.0909. The number of halogens is 2. The fourth-order valence-electron chi connectivity index (χ4n) is 2.59. The second-order valence-electron chi connectivity index (χ2n) is 6.20. The molecule has 0 bridgehead atoms. The van der Waals surface area contributed by atoms with Crippen molar-refractivity contribution in [1.82, 2.24) is 10.6 Å². The molecule has 0 aliphatic heterocycles. The van der Waals surface area contributed by atoms with Crippen LogP contribution in [0.15, 0.2) is 72.8 Å². The topological polar surface area (TPSA) is 58.2 Å². The molecule has 0 aliphatic carbocycles. The highest BCUT2D eigenvalue weighted by molar-refractivity contribution is 5.95. The van der Waals surface area contributed by atoms with E-state index in [2.05, 4.69) is 10.6 Å². The molecular weight excluding hydrogens is 362 g/mol. The number of carbonyl (C=O) groups excluding carboxylic acids is 2. The highest BCUT2D eigenvalue weighted by Crippen LogP contribution is 2.08. The van der Waals surface area contributed by atoms with Crippen molar-refractivity contribution in [3.63, 3.8) is 0 Å². The molecule has 3 rings (SSSR count). The highest BCUT2D eigenvalue weighted by atomic mass is 19.1. The zero-order chi connectivity index (χ0) is 19.9. The molecule has 6 heteroatoms. The molecule has 0 heterocycles. The molecule has 0 saturated carbocycles. The van der Waals surface area contributed by atoms with E-state index in [0.717, 1.165) is 11.1 Å². The molecular formula is C22H18F2N2O2. The Morgan fingerprint density at radius 3 is 1.82 bits per heavy atom. The van der Waals surface area contributed by atoms with Crippen molar-refractivity contribution in [2.75, 3.05) is 0 Å². The van der Waals surface area contributed by atoms with Gasteiger partial charge in [-0.25, -0.2) is 8.78 Å². The first-order valence-corrected chi connectivity index (χ1v) is 8.66. The van der Waals surface area contributed by atoms with Crippen LogP contribution in [0.1, 0.15) is 31.8 Å². The standard InChI is InChI=1S/C22H18F2N2O2/c23-19-8-4-15(5-9-19)13-25-22(28)18-3-1-2-16(12-18)14-26-21(27)17-6-10-20(24)11-7-17/h1-12H,13-14H2,(H,25,28)(H,26,27). The van der Waals surface area contributed by atoms with Crippen LogP contribution in [0.3, 0.4) is 0 Å². The van der Waals surface area contributed by atoms with Gasteiger partial charge in [-0.05, 0) is 59.7 Å². The minimum absolute atomic E-state index is 0.231. The number of hydrogen-bond acceptors (Lipinski definition) is 2. The fourth-order valence-corrected chi connectivity index (χ4v) is 2.59. The van der Waals surface area contributed by atoms with Crippen LogP contribution >= 0.6 is 0 Å². The maximum atomic E-state index is 12.9. The SMILES string of the molecule is O=C(NCc1cccc(C(=O)NCc2ccc(F)cc2)c1)c1ccc(F)cc1. The second kappa shape index (κ2) is 8.90. The summed E-state index contributed by atoms with van der Waals surface area (Å²) in [6.45, 7) is 0.514. The van der Waals surface area contributed by atoms with Gasteiger partial charge in [0, 0.05) is 24.2 Å². The molecule has 0 unspecified atom stereocenters. The third-order valence-electron chi connectivity index (χ3n) is 4.11. The lowest BCUT2D eigenvalue weighted by Crippen LogP contribution is -2.24. The van der Waals surface area contributed by atoms with Gasteiger partial charge < -0.3 is 10.6 Å². The first-order valence-electron chi connectivity index (χ1n) is 8.66. The van der Waals surface area contributed by atoms with E-state index in [4.69, 9.17) is 0 Å². The number of benzene rings is 3. The minimum atomic E-state index is -0.407. The van der Waals surface area contributed by atoms with E-state index in [0.29, 0.717) is 11.1 Å². The lowest BCUT2D eigenvalue weighted by molar-refractivity contribution is 0.0945. The Morgan fingerprint density at radius 1 is 0.643 bits per heavy atom. The molecule has 0 radical (unpaired) electrons. The van der Waals surface area contributed by atoms with E-state index in [9.17, 15) is 18.4 Å². The zero-order valence-corrected chi connectivity index (χ0v) is 14.9. The van der Waals surface area contributed by atoms with Crippen molar-refractivity contribution in [3.05, 3.63) is 107 Å². The van der Waals surface area contributed by atoms with Gasteiger partial charge in [-0.15, -0.1) is 0 Å². The van der Waals surface area contributed by atoms with Crippen LogP contribution in [0.25, 0.3) is 0 Å². The van der Waals surface area contributed by atoms with E-state index < -0.39 is 5.82 Å². The van der Waals surface area contributed by atoms with Crippen LogP contribution < -0.4 is 10.6 Å². The quantitative estimate of drug-likeness (QED) is 0.683. The predicted molar refractivity (Wildman–Crippen MR) is 102 cm³/mol. The zero-order valence-electron chi connectivity index (χ0n) is 14.9. The largest absolute Gasteiger partial charge is 0.348 e. The Kier molecular flexibility index (Phi) is 6.11. The van der Waals surface area contributed by atoms with Crippen LogP contribution in [-0.2, 0) is 13.1 Å². The van der Waals surface area contributed by atoms with Gasteiger partial charge in [0.15, 0.2) is 0 Å². The van der Waals surface area contributed by atoms with E-state index in [1.165, 1.54) is 36.4 Å².